The molecule has 0 radical (unpaired) electrons. The molecule has 0 saturated carbocycles. The van der Waals surface area contributed by atoms with Crippen LogP contribution in [0.5, 0.6) is 11.5 Å². The van der Waals surface area contributed by atoms with Gasteiger partial charge in [-0.3, -0.25) is 19.5 Å². The van der Waals surface area contributed by atoms with Gasteiger partial charge in [-0.2, -0.15) is 10.1 Å². The number of carbonyl (C=O) groups is 1. The summed E-state index contributed by atoms with van der Waals surface area (Å²) in [5, 5.41) is 9.67. The zero-order valence-corrected chi connectivity index (χ0v) is 17.5. The van der Waals surface area contributed by atoms with E-state index in [1.54, 1.807) is 42.5 Å². The SMILES string of the molecule is COc1ccc(-n2c(SCC(=O)Nc3ncn[nH]3)nc3ccccc3c2=O)cc1OC. The zero-order valence-electron chi connectivity index (χ0n) is 16.7. The number of fused-ring (bicyclic) bond motifs is 1. The van der Waals surface area contributed by atoms with Crippen molar-refractivity contribution in [2.75, 3.05) is 25.3 Å². The summed E-state index contributed by atoms with van der Waals surface area (Å²) in [5.74, 6) is 0.948. The van der Waals surface area contributed by atoms with E-state index >= 15 is 0 Å². The Morgan fingerprint density at radius 2 is 1.97 bits per heavy atom. The van der Waals surface area contributed by atoms with Crippen LogP contribution in [0, 0.1) is 0 Å². The number of benzene rings is 2. The number of methoxy groups -OCH3 is 2. The Hall–Kier alpha value is -3.86. The number of para-hydroxylation sites is 1. The van der Waals surface area contributed by atoms with Crippen LogP contribution < -0.4 is 20.3 Å². The lowest BCUT2D eigenvalue weighted by atomic mass is 10.2. The van der Waals surface area contributed by atoms with E-state index < -0.39 is 0 Å². The molecule has 10 nitrogen and oxygen atoms in total. The monoisotopic (exact) mass is 438 g/mol. The molecule has 2 heterocycles. The minimum absolute atomic E-state index is 0.0127. The van der Waals surface area contributed by atoms with E-state index in [2.05, 4.69) is 25.5 Å². The Balaban J connectivity index is 1.75. The average molecular weight is 438 g/mol. The number of hydrogen-bond acceptors (Lipinski definition) is 8. The highest BCUT2D eigenvalue weighted by atomic mass is 32.2. The largest absolute Gasteiger partial charge is 0.493 e. The molecule has 0 unspecified atom stereocenters. The third-order valence-electron chi connectivity index (χ3n) is 4.38. The Kier molecular flexibility index (Phi) is 5.85. The first-order valence-electron chi connectivity index (χ1n) is 9.13. The van der Waals surface area contributed by atoms with Crippen LogP contribution in [-0.2, 0) is 4.79 Å². The average Bonchev–Trinajstić information content (AvgIpc) is 3.30. The smallest absolute Gasteiger partial charge is 0.266 e. The maximum Gasteiger partial charge on any atom is 0.266 e. The summed E-state index contributed by atoms with van der Waals surface area (Å²) in [6, 6.07) is 12.2. The number of amides is 1. The van der Waals surface area contributed by atoms with Crippen molar-refractivity contribution in [2.45, 2.75) is 5.16 Å². The Bertz CT molecular complexity index is 1290. The number of aromatic nitrogens is 5. The molecule has 4 rings (SSSR count). The van der Waals surface area contributed by atoms with Gasteiger partial charge >= 0.3 is 0 Å². The van der Waals surface area contributed by atoms with Gasteiger partial charge in [-0.1, -0.05) is 23.9 Å². The molecule has 158 valence electrons. The predicted octanol–water partition coefficient (Wildman–Crippen LogP) is 2.25. The van der Waals surface area contributed by atoms with Crippen LogP contribution in [0.15, 0.2) is 58.7 Å². The standard InChI is InChI=1S/C20H18N6O4S/c1-29-15-8-7-12(9-16(15)30-2)26-18(28)13-5-3-4-6-14(13)23-20(26)31-10-17(27)24-19-21-11-22-25-19/h3-9,11H,10H2,1-2H3,(H2,21,22,24,25,27). The van der Waals surface area contributed by atoms with Crippen molar-refractivity contribution in [1.29, 1.82) is 0 Å². The molecule has 11 heteroatoms. The van der Waals surface area contributed by atoms with E-state index in [1.165, 1.54) is 25.1 Å². The van der Waals surface area contributed by atoms with Gasteiger partial charge in [0.1, 0.15) is 6.33 Å². The van der Waals surface area contributed by atoms with Crippen LogP contribution in [0.2, 0.25) is 0 Å². The third kappa shape index (κ3) is 4.21. The van der Waals surface area contributed by atoms with Gasteiger partial charge in [-0.15, -0.1) is 0 Å². The van der Waals surface area contributed by atoms with E-state index in [4.69, 9.17) is 9.47 Å². The molecule has 2 aromatic carbocycles. The fraction of sp³-hybridized carbons (Fsp3) is 0.150. The fourth-order valence-corrected chi connectivity index (χ4v) is 3.78. The van der Waals surface area contributed by atoms with Crippen LogP contribution >= 0.6 is 11.8 Å². The summed E-state index contributed by atoms with van der Waals surface area (Å²) >= 11 is 1.13. The second-order valence-corrected chi connectivity index (χ2v) is 7.20. The number of nitrogens with one attached hydrogen (secondary N) is 2. The molecule has 0 aliphatic carbocycles. The maximum absolute atomic E-state index is 13.3. The quantitative estimate of drug-likeness (QED) is 0.333. The molecule has 0 aliphatic heterocycles. The van der Waals surface area contributed by atoms with Gasteiger partial charge in [0.15, 0.2) is 16.7 Å². The van der Waals surface area contributed by atoms with Gasteiger partial charge in [-0.05, 0) is 24.3 Å². The molecule has 1 amide bonds. The van der Waals surface area contributed by atoms with Gasteiger partial charge in [0.2, 0.25) is 11.9 Å². The van der Waals surface area contributed by atoms with Crippen molar-refractivity contribution in [2.24, 2.45) is 0 Å². The van der Waals surface area contributed by atoms with Crippen molar-refractivity contribution in [3.05, 3.63) is 59.1 Å². The van der Waals surface area contributed by atoms with Crippen molar-refractivity contribution in [1.82, 2.24) is 24.7 Å². The number of nitrogens with zero attached hydrogens (tertiary/aromatic N) is 4. The van der Waals surface area contributed by atoms with Gasteiger partial charge in [0.05, 0.1) is 36.6 Å². The van der Waals surface area contributed by atoms with E-state index in [-0.39, 0.29) is 23.2 Å². The van der Waals surface area contributed by atoms with Crippen molar-refractivity contribution < 1.29 is 14.3 Å². The second-order valence-electron chi connectivity index (χ2n) is 6.26. The molecule has 2 aromatic heterocycles. The highest BCUT2D eigenvalue weighted by Gasteiger charge is 2.17. The summed E-state index contributed by atoms with van der Waals surface area (Å²) in [7, 11) is 3.06. The fourth-order valence-electron chi connectivity index (χ4n) is 2.96. The molecule has 0 fully saturated rings. The van der Waals surface area contributed by atoms with Crippen LogP contribution in [0.4, 0.5) is 5.95 Å². The number of hydrogen-bond donors (Lipinski definition) is 2. The second kappa shape index (κ2) is 8.88. The van der Waals surface area contributed by atoms with Crippen molar-refractivity contribution >= 4 is 34.5 Å². The highest BCUT2D eigenvalue weighted by molar-refractivity contribution is 7.99. The topological polar surface area (TPSA) is 124 Å². The number of carbonyl (C=O) groups excluding carboxylic acids is 1. The van der Waals surface area contributed by atoms with Gasteiger partial charge in [0, 0.05) is 6.07 Å². The van der Waals surface area contributed by atoms with Gasteiger partial charge in [-0.25, -0.2) is 10.1 Å². The minimum Gasteiger partial charge on any atom is -0.493 e. The number of rotatable bonds is 7. The Morgan fingerprint density at radius 1 is 1.16 bits per heavy atom. The molecule has 31 heavy (non-hydrogen) atoms. The summed E-state index contributed by atoms with van der Waals surface area (Å²) in [5.41, 5.74) is 0.831. The first-order chi connectivity index (χ1) is 15.1. The van der Waals surface area contributed by atoms with Crippen LogP contribution in [0.3, 0.4) is 0 Å². The molecule has 4 aromatic rings. The molecule has 2 N–H and O–H groups in total. The van der Waals surface area contributed by atoms with Crippen molar-refractivity contribution in [3.8, 4) is 17.2 Å². The number of thioether (sulfide) groups is 1. The molecule has 0 spiro atoms. The van der Waals surface area contributed by atoms with Crippen LogP contribution in [0.1, 0.15) is 0 Å². The lowest BCUT2D eigenvalue weighted by molar-refractivity contribution is -0.113. The first kappa shape index (κ1) is 20.4. The molecular formula is C20H18N6O4S. The molecular weight excluding hydrogens is 420 g/mol. The number of aromatic amines is 1. The summed E-state index contributed by atoms with van der Waals surface area (Å²) in [6.07, 6.45) is 1.29. The van der Waals surface area contributed by atoms with Gasteiger partial charge in [0.25, 0.3) is 5.56 Å². The Labute approximate surface area is 180 Å². The lowest BCUT2D eigenvalue weighted by Crippen LogP contribution is -2.23. The molecule has 0 aliphatic rings. The number of ether oxygens (including phenoxy) is 2. The Morgan fingerprint density at radius 3 is 2.71 bits per heavy atom. The van der Waals surface area contributed by atoms with E-state index in [0.29, 0.717) is 33.2 Å². The summed E-state index contributed by atoms with van der Waals surface area (Å²) in [4.78, 5) is 34.1. The first-order valence-corrected chi connectivity index (χ1v) is 10.1. The van der Waals surface area contributed by atoms with Gasteiger partial charge < -0.3 is 9.47 Å². The number of H-pyrrole nitrogens is 1. The summed E-state index contributed by atoms with van der Waals surface area (Å²) < 4.78 is 12.1. The lowest BCUT2D eigenvalue weighted by Gasteiger charge is -2.15. The van der Waals surface area contributed by atoms with E-state index in [0.717, 1.165) is 11.8 Å². The van der Waals surface area contributed by atoms with E-state index in [1.807, 2.05) is 0 Å². The normalized spacial score (nSPS) is 10.8. The molecule has 0 saturated heterocycles. The molecule has 0 atom stereocenters. The van der Waals surface area contributed by atoms with Crippen molar-refractivity contribution in [3.63, 3.8) is 0 Å². The zero-order chi connectivity index (χ0) is 21.8. The summed E-state index contributed by atoms with van der Waals surface area (Å²) in [6.45, 7) is 0. The van der Waals surface area contributed by atoms with Crippen LogP contribution in [-0.4, -0.2) is 50.6 Å². The van der Waals surface area contributed by atoms with E-state index in [9.17, 15) is 9.59 Å². The highest BCUT2D eigenvalue weighted by Crippen LogP contribution is 2.30. The molecule has 0 bridgehead atoms. The number of anilines is 1. The van der Waals surface area contributed by atoms with Crippen LogP contribution in [0.25, 0.3) is 16.6 Å². The third-order valence-corrected chi connectivity index (χ3v) is 5.31. The maximum atomic E-state index is 13.3. The predicted molar refractivity (Wildman–Crippen MR) is 116 cm³/mol. The minimum atomic E-state index is -0.317.